The molecule has 1 unspecified atom stereocenters. The molecule has 1 aliphatic rings. The summed E-state index contributed by atoms with van der Waals surface area (Å²) in [6, 6.07) is 5.90. The van der Waals surface area contributed by atoms with Gasteiger partial charge >= 0.3 is 5.97 Å². The van der Waals surface area contributed by atoms with E-state index in [2.05, 4.69) is 0 Å². The zero-order chi connectivity index (χ0) is 16.7. The molecule has 1 aromatic rings. The molecule has 0 bridgehead atoms. The number of carbonyl (C=O) groups excluding carboxylic acids is 1. The zero-order valence-electron chi connectivity index (χ0n) is 14.5. The van der Waals surface area contributed by atoms with Gasteiger partial charge in [0.2, 0.25) is 0 Å². The molecule has 0 N–H and O–H groups in total. The molecule has 1 atom stereocenters. The maximum Gasteiger partial charge on any atom is 0.308 e. The Morgan fingerprint density at radius 3 is 2.57 bits per heavy atom. The highest BCUT2D eigenvalue weighted by atomic mass is 16.5. The van der Waals surface area contributed by atoms with Crippen molar-refractivity contribution in [1.82, 2.24) is 0 Å². The first kappa shape index (κ1) is 17.6. The summed E-state index contributed by atoms with van der Waals surface area (Å²) in [6.45, 7) is 2.63. The highest BCUT2D eigenvalue weighted by molar-refractivity contribution is 5.72. The Hall–Kier alpha value is -1.71. The molecule has 23 heavy (non-hydrogen) atoms. The predicted octanol–water partition coefficient (Wildman–Crippen LogP) is 4.01. The number of methoxy groups -OCH3 is 2. The summed E-state index contributed by atoms with van der Waals surface area (Å²) in [4.78, 5) is 11.5. The molecule has 0 heterocycles. The number of carbonyl (C=O) groups is 1. The number of rotatable bonds is 7. The van der Waals surface area contributed by atoms with Crippen molar-refractivity contribution in [3.05, 3.63) is 23.8 Å². The van der Waals surface area contributed by atoms with Gasteiger partial charge < -0.3 is 14.2 Å². The van der Waals surface area contributed by atoms with Crippen molar-refractivity contribution in [3.63, 3.8) is 0 Å². The van der Waals surface area contributed by atoms with Crippen LogP contribution >= 0.6 is 0 Å². The van der Waals surface area contributed by atoms with Gasteiger partial charge in [0, 0.05) is 0 Å². The molecular formula is C19H28O4. The average molecular weight is 320 g/mol. The van der Waals surface area contributed by atoms with Gasteiger partial charge in [0.05, 0.1) is 26.7 Å². The van der Waals surface area contributed by atoms with Gasteiger partial charge in [-0.25, -0.2) is 0 Å². The van der Waals surface area contributed by atoms with E-state index in [1.165, 1.54) is 39.2 Å². The number of esters is 1. The Balaban J connectivity index is 1.96. The zero-order valence-corrected chi connectivity index (χ0v) is 14.5. The highest BCUT2D eigenvalue weighted by Gasteiger charge is 2.17. The molecule has 1 aromatic carbocycles. The van der Waals surface area contributed by atoms with Crippen LogP contribution in [-0.4, -0.2) is 26.8 Å². The normalized spacial score (nSPS) is 16.7. The van der Waals surface area contributed by atoms with Crippen LogP contribution in [0.15, 0.2) is 18.2 Å². The minimum atomic E-state index is -0.193. The van der Waals surface area contributed by atoms with Crippen LogP contribution in [0, 0.1) is 11.8 Å². The Labute approximate surface area is 139 Å². The summed E-state index contributed by atoms with van der Waals surface area (Å²) in [5.74, 6) is 1.82. The molecule has 2 rings (SSSR count). The summed E-state index contributed by atoms with van der Waals surface area (Å²) in [6.07, 6.45) is 7.14. The average Bonchev–Trinajstić information content (AvgIpc) is 2.60. The van der Waals surface area contributed by atoms with Crippen molar-refractivity contribution < 1.29 is 19.0 Å². The lowest BCUT2D eigenvalue weighted by Gasteiger charge is -2.22. The van der Waals surface area contributed by atoms with Crippen molar-refractivity contribution >= 4 is 5.97 Å². The van der Waals surface area contributed by atoms with Crippen LogP contribution in [-0.2, 0) is 16.0 Å². The van der Waals surface area contributed by atoms with Crippen LogP contribution in [0.3, 0.4) is 0 Å². The van der Waals surface area contributed by atoms with Crippen LogP contribution in [0.1, 0.15) is 44.6 Å². The third-order valence-corrected chi connectivity index (χ3v) is 4.57. The summed E-state index contributed by atoms with van der Waals surface area (Å²) >= 11 is 0. The van der Waals surface area contributed by atoms with E-state index >= 15 is 0 Å². The van der Waals surface area contributed by atoms with Crippen molar-refractivity contribution in [2.24, 2.45) is 11.8 Å². The van der Waals surface area contributed by atoms with E-state index in [1.54, 1.807) is 7.11 Å². The molecule has 1 fully saturated rings. The molecule has 0 amide bonds. The van der Waals surface area contributed by atoms with Crippen molar-refractivity contribution in [2.75, 3.05) is 20.8 Å². The lowest BCUT2D eigenvalue weighted by molar-refractivity contribution is -0.144. The van der Waals surface area contributed by atoms with Crippen LogP contribution in [0.5, 0.6) is 11.5 Å². The topological polar surface area (TPSA) is 44.8 Å². The van der Waals surface area contributed by atoms with E-state index in [0.717, 1.165) is 23.7 Å². The van der Waals surface area contributed by atoms with E-state index < -0.39 is 0 Å². The number of hydrogen-bond acceptors (Lipinski definition) is 4. The molecule has 0 aliphatic heterocycles. The van der Waals surface area contributed by atoms with Crippen molar-refractivity contribution in [3.8, 4) is 11.5 Å². The Kier molecular flexibility index (Phi) is 6.75. The number of hydrogen-bond donors (Lipinski definition) is 0. The Bertz CT molecular complexity index is 506. The molecule has 0 aromatic heterocycles. The quantitative estimate of drug-likeness (QED) is 0.712. The highest BCUT2D eigenvalue weighted by Crippen LogP contribution is 2.31. The fraction of sp³-hybridized carbons (Fsp3) is 0.632. The summed E-state index contributed by atoms with van der Waals surface area (Å²) in [7, 11) is 3.07. The molecule has 128 valence electrons. The van der Waals surface area contributed by atoms with Crippen LogP contribution in [0.25, 0.3) is 0 Å². The fourth-order valence-corrected chi connectivity index (χ4v) is 3.16. The van der Waals surface area contributed by atoms with Gasteiger partial charge in [0.1, 0.15) is 0 Å². The van der Waals surface area contributed by atoms with Crippen molar-refractivity contribution in [1.29, 1.82) is 0 Å². The lowest BCUT2D eigenvalue weighted by Crippen LogP contribution is -2.16. The van der Waals surface area contributed by atoms with E-state index in [-0.39, 0.29) is 11.9 Å². The van der Waals surface area contributed by atoms with Crippen LogP contribution < -0.4 is 9.47 Å². The molecule has 0 radical (unpaired) electrons. The second-order valence-electron chi connectivity index (χ2n) is 6.43. The minimum Gasteiger partial charge on any atom is -0.493 e. The molecule has 1 saturated carbocycles. The molecule has 0 saturated heterocycles. The summed E-state index contributed by atoms with van der Waals surface area (Å²) in [5.41, 5.74) is 1.05. The van der Waals surface area contributed by atoms with Gasteiger partial charge in [-0.1, -0.05) is 32.3 Å². The first-order chi connectivity index (χ1) is 11.1. The van der Waals surface area contributed by atoms with Gasteiger partial charge in [0.25, 0.3) is 0 Å². The standard InChI is InChI=1S/C19H28O4/c1-14(19(20)22-3)11-16-9-10-17(18(12-16)21-2)23-13-15-7-5-4-6-8-15/h9-10,12,14-15H,4-8,11,13H2,1-3H3. The van der Waals surface area contributed by atoms with E-state index in [9.17, 15) is 4.79 Å². The second kappa shape index (κ2) is 8.80. The second-order valence-corrected chi connectivity index (χ2v) is 6.43. The Morgan fingerprint density at radius 1 is 1.17 bits per heavy atom. The maximum absolute atomic E-state index is 11.5. The minimum absolute atomic E-state index is 0.168. The predicted molar refractivity (Wildman–Crippen MR) is 89.9 cm³/mol. The maximum atomic E-state index is 11.5. The van der Waals surface area contributed by atoms with Gasteiger partial charge in [-0.05, 0) is 42.9 Å². The van der Waals surface area contributed by atoms with Gasteiger partial charge in [-0.3, -0.25) is 4.79 Å². The van der Waals surface area contributed by atoms with Gasteiger partial charge in [-0.15, -0.1) is 0 Å². The first-order valence-electron chi connectivity index (χ1n) is 8.51. The molecule has 4 heteroatoms. The van der Waals surface area contributed by atoms with E-state index in [0.29, 0.717) is 12.3 Å². The lowest BCUT2D eigenvalue weighted by atomic mass is 9.90. The molecule has 0 spiro atoms. The van der Waals surface area contributed by atoms with Crippen LogP contribution in [0.2, 0.25) is 0 Å². The van der Waals surface area contributed by atoms with Crippen molar-refractivity contribution in [2.45, 2.75) is 45.4 Å². The monoisotopic (exact) mass is 320 g/mol. The van der Waals surface area contributed by atoms with E-state index in [1.807, 2.05) is 25.1 Å². The molecule has 1 aliphatic carbocycles. The van der Waals surface area contributed by atoms with Gasteiger partial charge in [0.15, 0.2) is 11.5 Å². The third kappa shape index (κ3) is 5.15. The molecule has 4 nitrogen and oxygen atoms in total. The largest absolute Gasteiger partial charge is 0.493 e. The number of ether oxygens (including phenoxy) is 3. The van der Waals surface area contributed by atoms with Gasteiger partial charge in [-0.2, -0.15) is 0 Å². The van der Waals surface area contributed by atoms with Crippen LogP contribution in [0.4, 0.5) is 0 Å². The smallest absolute Gasteiger partial charge is 0.308 e. The summed E-state index contributed by atoms with van der Waals surface area (Å²) < 4.78 is 16.2. The number of benzene rings is 1. The molecular weight excluding hydrogens is 292 g/mol. The fourth-order valence-electron chi connectivity index (χ4n) is 3.16. The first-order valence-corrected chi connectivity index (χ1v) is 8.51. The third-order valence-electron chi connectivity index (χ3n) is 4.57. The summed E-state index contributed by atoms with van der Waals surface area (Å²) in [5, 5.41) is 0. The SMILES string of the molecule is COC(=O)C(C)Cc1ccc(OCC2CCCCC2)c(OC)c1. The van der Waals surface area contributed by atoms with E-state index in [4.69, 9.17) is 14.2 Å². The Morgan fingerprint density at radius 2 is 1.91 bits per heavy atom.